The van der Waals surface area contributed by atoms with Crippen LogP contribution in [0.3, 0.4) is 0 Å². The van der Waals surface area contributed by atoms with Gasteiger partial charge in [-0.1, -0.05) is 6.07 Å². The highest BCUT2D eigenvalue weighted by atomic mass is 32.2. The lowest BCUT2D eigenvalue weighted by Gasteiger charge is -2.09. The summed E-state index contributed by atoms with van der Waals surface area (Å²) in [6.07, 6.45) is 1.41. The number of hydrogen-bond donors (Lipinski definition) is 3. The average Bonchev–Trinajstić information content (AvgIpc) is 2.63. The average molecular weight is 398 g/mol. The van der Waals surface area contributed by atoms with E-state index >= 15 is 0 Å². The van der Waals surface area contributed by atoms with Gasteiger partial charge >= 0.3 is 0 Å². The molecule has 0 unspecified atom stereocenters. The van der Waals surface area contributed by atoms with Crippen LogP contribution in [-0.4, -0.2) is 31.8 Å². The summed E-state index contributed by atoms with van der Waals surface area (Å²) in [5.41, 5.74) is 4.46. The highest BCUT2D eigenvalue weighted by Crippen LogP contribution is 2.15. The van der Waals surface area contributed by atoms with Gasteiger partial charge in [-0.3, -0.25) is 25.4 Å². The van der Waals surface area contributed by atoms with Crippen molar-refractivity contribution in [1.82, 2.24) is 20.6 Å². The SMILES string of the molecule is O=C(CCCNS(=O)(=O)c1ccc(F)cc1F)NNC(=O)c1ccccn1. The summed E-state index contributed by atoms with van der Waals surface area (Å²) >= 11 is 0. The number of amides is 2. The molecule has 0 aliphatic carbocycles. The Hall–Kier alpha value is -2.92. The van der Waals surface area contributed by atoms with E-state index in [-0.39, 0.29) is 25.1 Å². The summed E-state index contributed by atoms with van der Waals surface area (Å²) in [6.45, 7) is -0.152. The van der Waals surface area contributed by atoms with E-state index in [1.807, 2.05) is 0 Å². The Morgan fingerprint density at radius 3 is 2.52 bits per heavy atom. The first-order valence-corrected chi connectivity index (χ1v) is 9.23. The Kier molecular flexibility index (Phi) is 6.91. The van der Waals surface area contributed by atoms with Crippen LogP contribution in [-0.2, 0) is 14.8 Å². The van der Waals surface area contributed by atoms with E-state index in [0.717, 1.165) is 12.1 Å². The van der Waals surface area contributed by atoms with Crippen molar-refractivity contribution in [3.05, 3.63) is 59.9 Å². The number of nitrogens with zero attached hydrogens (tertiary/aromatic N) is 1. The van der Waals surface area contributed by atoms with Crippen LogP contribution in [0.2, 0.25) is 0 Å². The zero-order valence-corrected chi connectivity index (χ0v) is 14.7. The van der Waals surface area contributed by atoms with Crippen LogP contribution < -0.4 is 15.6 Å². The lowest BCUT2D eigenvalue weighted by molar-refractivity contribution is -0.121. The van der Waals surface area contributed by atoms with Crippen LogP contribution in [0, 0.1) is 11.6 Å². The fourth-order valence-corrected chi connectivity index (χ4v) is 3.11. The first kappa shape index (κ1) is 20.4. The first-order chi connectivity index (χ1) is 12.8. The van der Waals surface area contributed by atoms with E-state index < -0.39 is 38.4 Å². The van der Waals surface area contributed by atoms with Crippen molar-refractivity contribution in [3.63, 3.8) is 0 Å². The molecular formula is C16H16F2N4O4S. The zero-order chi connectivity index (χ0) is 19.9. The standard InChI is InChI=1S/C16H16F2N4O4S/c17-11-6-7-14(12(18)10-11)27(25,26)20-9-3-5-15(23)21-22-16(24)13-4-1-2-8-19-13/h1-2,4,6-8,10,20H,3,5,9H2,(H,21,23)(H,22,24). The second-order valence-corrected chi connectivity index (χ2v) is 7.03. The second kappa shape index (κ2) is 9.14. The van der Waals surface area contributed by atoms with Crippen molar-refractivity contribution < 1.29 is 26.8 Å². The molecule has 2 rings (SSSR count). The highest BCUT2D eigenvalue weighted by Gasteiger charge is 2.19. The van der Waals surface area contributed by atoms with Crippen molar-refractivity contribution in [2.24, 2.45) is 0 Å². The maximum absolute atomic E-state index is 13.5. The minimum Gasteiger partial charge on any atom is -0.273 e. The van der Waals surface area contributed by atoms with Crippen LogP contribution in [0.1, 0.15) is 23.3 Å². The molecule has 2 amide bonds. The van der Waals surface area contributed by atoms with Gasteiger partial charge in [-0.15, -0.1) is 0 Å². The second-order valence-electron chi connectivity index (χ2n) is 5.29. The maximum Gasteiger partial charge on any atom is 0.288 e. The molecule has 1 heterocycles. The fraction of sp³-hybridized carbons (Fsp3) is 0.188. The Bertz CT molecular complexity index is 923. The predicted molar refractivity (Wildman–Crippen MR) is 90.6 cm³/mol. The van der Waals surface area contributed by atoms with Gasteiger partial charge in [0.2, 0.25) is 15.9 Å². The Morgan fingerprint density at radius 1 is 1.07 bits per heavy atom. The van der Waals surface area contributed by atoms with Crippen molar-refractivity contribution in [1.29, 1.82) is 0 Å². The Balaban J connectivity index is 1.74. The molecule has 0 spiro atoms. The van der Waals surface area contributed by atoms with Crippen LogP contribution in [0.25, 0.3) is 0 Å². The minimum absolute atomic E-state index is 0.0906. The Labute approximate surface area is 154 Å². The van der Waals surface area contributed by atoms with Crippen molar-refractivity contribution in [3.8, 4) is 0 Å². The van der Waals surface area contributed by atoms with Gasteiger partial charge in [0.05, 0.1) is 0 Å². The number of carbonyl (C=O) groups excluding carboxylic acids is 2. The van der Waals surface area contributed by atoms with E-state index in [4.69, 9.17) is 0 Å². The molecule has 27 heavy (non-hydrogen) atoms. The third-order valence-electron chi connectivity index (χ3n) is 3.27. The van der Waals surface area contributed by atoms with E-state index in [2.05, 4.69) is 20.6 Å². The zero-order valence-electron chi connectivity index (χ0n) is 13.9. The molecule has 144 valence electrons. The molecule has 2 aromatic rings. The molecule has 0 bridgehead atoms. The molecule has 0 saturated carbocycles. The van der Waals surface area contributed by atoms with Crippen LogP contribution in [0.4, 0.5) is 8.78 Å². The number of sulfonamides is 1. The topological polar surface area (TPSA) is 117 Å². The van der Waals surface area contributed by atoms with Gasteiger partial charge in [0.25, 0.3) is 5.91 Å². The number of benzene rings is 1. The molecule has 11 heteroatoms. The molecule has 8 nitrogen and oxygen atoms in total. The molecule has 0 atom stereocenters. The number of halogens is 2. The number of nitrogens with one attached hydrogen (secondary N) is 3. The molecule has 0 aliphatic rings. The number of aromatic nitrogens is 1. The molecule has 0 aliphatic heterocycles. The number of hydrogen-bond acceptors (Lipinski definition) is 5. The number of pyridine rings is 1. The molecule has 1 aromatic carbocycles. The van der Waals surface area contributed by atoms with Crippen molar-refractivity contribution >= 4 is 21.8 Å². The molecule has 0 saturated heterocycles. The third-order valence-corrected chi connectivity index (χ3v) is 4.76. The number of carbonyl (C=O) groups is 2. The predicted octanol–water partition coefficient (Wildman–Crippen LogP) is 0.879. The normalized spacial score (nSPS) is 11.0. The largest absolute Gasteiger partial charge is 0.288 e. The van der Waals surface area contributed by atoms with Gasteiger partial charge in [-0.2, -0.15) is 0 Å². The van der Waals surface area contributed by atoms with Crippen LogP contribution in [0.5, 0.6) is 0 Å². The summed E-state index contributed by atoms with van der Waals surface area (Å²) in [4.78, 5) is 26.4. The van der Waals surface area contributed by atoms with E-state index in [9.17, 15) is 26.8 Å². The third kappa shape index (κ3) is 6.08. The number of rotatable bonds is 7. The maximum atomic E-state index is 13.5. The lowest BCUT2D eigenvalue weighted by Crippen LogP contribution is -2.42. The summed E-state index contributed by atoms with van der Waals surface area (Å²) in [5.74, 6) is -3.25. The quantitative estimate of drug-likeness (QED) is 0.473. The minimum atomic E-state index is -4.17. The van der Waals surface area contributed by atoms with Gasteiger partial charge in [0, 0.05) is 25.2 Å². The van der Waals surface area contributed by atoms with Crippen LogP contribution >= 0.6 is 0 Å². The van der Waals surface area contributed by atoms with E-state index in [0.29, 0.717) is 6.07 Å². The monoisotopic (exact) mass is 398 g/mol. The molecule has 0 fully saturated rings. The van der Waals surface area contributed by atoms with Gasteiger partial charge in [-0.25, -0.2) is 21.9 Å². The van der Waals surface area contributed by atoms with Crippen molar-refractivity contribution in [2.75, 3.05) is 6.54 Å². The summed E-state index contributed by atoms with van der Waals surface area (Å²) in [5, 5.41) is 0. The molecule has 0 radical (unpaired) electrons. The molecule has 3 N–H and O–H groups in total. The summed E-state index contributed by atoms with van der Waals surface area (Å²) in [7, 11) is -4.17. The summed E-state index contributed by atoms with van der Waals surface area (Å²) in [6, 6.07) is 6.81. The van der Waals surface area contributed by atoms with Gasteiger partial charge in [-0.05, 0) is 30.7 Å². The van der Waals surface area contributed by atoms with Crippen molar-refractivity contribution in [2.45, 2.75) is 17.7 Å². The van der Waals surface area contributed by atoms with Gasteiger partial charge in [0.15, 0.2) is 0 Å². The highest BCUT2D eigenvalue weighted by molar-refractivity contribution is 7.89. The van der Waals surface area contributed by atoms with Crippen LogP contribution in [0.15, 0.2) is 47.5 Å². The molecular weight excluding hydrogens is 382 g/mol. The lowest BCUT2D eigenvalue weighted by atomic mass is 10.3. The number of hydrazine groups is 1. The smallest absolute Gasteiger partial charge is 0.273 e. The van der Waals surface area contributed by atoms with E-state index in [1.165, 1.54) is 12.3 Å². The molecule has 1 aromatic heterocycles. The van der Waals surface area contributed by atoms with Gasteiger partial charge < -0.3 is 0 Å². The van der Waals surface area contributed by atoms with E-state index in [1.54, 1.807) is 12.1 Å². The summed E-state index contributed by atoms with van der Waals surface area (Å²) < 4.78 is 52.4. The fourth-order valence-electron chi connectivity index (χ4n) is 1.98. The Morgan fingerprint density at radius 2 is 1.85 bits per heavy atom. The van der Waals surface area contributed by atoms with Gasteiger partial charge in [0.1, 0.15) is 22.2 Å². The first-order valence-electron chi connectivity index (χ1n) is 7.74.